The topological polar surface area (TPSA) is 85.6 Å². The van der Waals surface area contributed by atoms with E-state index in [-0.39, 0.29) is 6.04 Å². The standard InChI is InChI=1S/C23H27N3O3/c1-26(23(27)28)21-10-8-20(9-11-21)25-15-19-13-18(7-12-22(19)29-2)17-5-3-16(14-24)4-6-17/h3-7,12-13,20-21,25H,8-11,15H2,1-2H3,(H,27,28). The summed E-state index contributed by atoms with van der Waals surface area (Å²) in [5.74, 6) is 0.842. The predicted molar refractivity (Wildman–Crippen MR) is 112 cm³/mol. The van der Waals surface area contributed by atoms with Gasteiger partial charge in [0.15, 0.2) is 0 Å². The first-order valence-corrected chi connectivity index (χ1v) is 9.88. The summed E-state index contributed by atoms with van der Waals surface area (Å²) in [7, 11) is 3.33. The molecule has 1 aliphatic carbocycles. The normalized spacial score (nSPS) is 18.7. The highest BCUT2D eigenvalue weighted by Crippen LogP contribution is 2.28. The van der Waals surface area contributed by atoms with E-state index < -0.39 is 6.09 Å². The lowest BCUT2D eigenvalue weighted by atomic mass is 9.90. The monoisotopic (exact) mass is 393 g/mol. The van der Waals surface area contributed by atoms with E-state index in [0.29, 0.717) is 18.2 Å². The lowest BCUT2D eigenvalue weighted by molar-refractivity contribution is 0.122. The molecule has 1 amide bonds. The van der Waals surface area contributed by atoms with E-state index >= 15 is 0 Å². The molecule has 0 unspecified atom stereocenters. The highest BCUT2D eigenvalue weighted by molar-refractivity contribution is 5.66. The third kappa shape index (κ3) is 5.07. The Kier molecular flexibility index (Phi) is 6.73. The van der Waals surface area contributed by atoms with Crippen LogP contribution in [-0.4, -0.2) is 42.3 Å². The maximum absolute atomic E-state index is 11.1. The van der Waals surface area contributed by atoms with E-state index in [1.165, 1.54) is 4.90 Å². The van der Waals surface area contributed by atoms with Gasteiger partial charge in [-0.3, -0.25) is 0 Å². The van der Waals surface area contributed by atoms with Gasteiger partial charge in [0.1, 0.15) is 5.75 Å². The third-order valence-corrected chi connectivity index (χ3v) is 5.76. The molecular weight excluding hydrogens is 366 g/mol. The van der Waals surface area contributed by atoms with Crippen molar-refractivity contribution in [2.75, 3.05) is 14.2 Å². The average molecular weight is 393 g/mol. The third-order valence-electron chi connectivity index (χ3n) is 5.76. The molecule has 0 aromatic heterocycles. The zero-order valence-electron chi connectivity index (χ0n) is 16.9. The number of nitrogens with one attached hydrogen (secondary N) is 1. The number of methoxy groups -OCH3 is 1. The molecule has 3 rings (SSSR count). The lowest BCUT2D eigenvalue weighted by Crippen LogP contribution is -2.42. The number of benzene rings is 2. The van der Waals surface area contributed by atoms with Gasteiger partial charge in [0.05, 0.1) is 18.7 Å². The summed E-state index contributed by atoms with van der Waals surface area (Å²) in [5, 5.41) is 21.7. The van der Waals surface area contributed by atoms with Gasteiger partial charge in [-0.15, -0.1) is 0 Å². The fraction of sp³-hybridized carbons (Fsp3) is 0.391. The van der Waals surface area contributed by atoms with Gasteiger partial charge in [0.2, 0.25) is 0 Å². The molecule has 1 fully saturated rings. The van der Waals surface area contributed by atoms with Gasteiger partial charge >= 0.3 is 6.09 Å². The first-order chi connectivity index (χ1) is 14.0. The van der Waals surface area contributed by atoms with E-state index in [1.807, 2.05) is 36.4 Å². The maximum Gasteiger partial charge on any atom is 0.407 e. The van der Waals surface area contributed by atoms with Crippen LogP contribution >= 0.6 is 0 Å². The van der Waals surface area contributed by atoms with Crippen molar-refractivity contribution in [1.82, 2.24) is 10.2 Å². The van der Waals surface area contributed by atoms with Crippen LogP contribution in [0.1, 0.15) is 36.8 Å². The van der Waals surface area contributed by atoms with Gasteiger partial charge in [-0.05, 0) is 61.1 Å². The molecular formula is C23H27N3O3. The van der Waals surface area contributed by atoms with Crippen LogP contribution in [0.5, 0.6) is 5.75 Å². The van der Waals surface area contributed by atoms with Crippen LogP contribution < -0.4 is 10.1 Å². The molecule has 152 valence electrons. The Morgan fingerprint density at radius 1 is 1.17 bits per heavy atom. The van der Waals surface area contributed by atoms with E-state index in [4.69, 9.17) is 15.1 Å². The van der Waals surface area contributed by atoms with Crippen molar-refractivity contribution in [3.8, 4) is 22.9 Å². The Balaban J connectivity index is 1.64. The number of carboxylic acid groups (broad SMARTS) is 1. The molecule has 0 saturated heterocycles. The summed E-state index contributed by atoms with van der Waals surface area (Å²) in [5.41, 5.74) is 3.87. The van der Waals surface area contributed by atoms with Gasteiger partial charge in [-0.2, -0.15) is 5.26 Å². The van der Waals surface area contributed by atoms with Crippen molar-refractivity contribution >= 4 is 6.09 Å². The number of nitriles is 1. The first-order valence-electron chi connectivity index (χ1n) is 9.88. The molecule has 1 saturated carbocycles. The SMILES string of the molecule is COc1ccc(-c2ccc(C#N)cc2)cc1CNC1CCC(N(C)C(=O)O)CC1. The number of carbonyl (C=O) groups is 1. The molecule has 0 bridgehead atoms. The second-order valence-corrected chi connectivity index (χ2v) is 7.50. The summed E-state index contributed by atoms with van der Waals surface area (Å²) in [6.07, 6.45) is 2.82. The zero-order chi connectivity index (χ0) is 20.8. The molecule has 29 heavy (non-hydrogen) atoms. The number of nitrogens with zero attached hydrogens (tertiary/aromatic N) is 2. The molecule has 2 aromatic rings. The maximum atomic E-state index is 11.1. The van der Waals surface area contributed by atoms with Crippen LogP contribution in [0.2, 0.25) is 0 Å². The minimum absolute atomic E-state index is 0.111. The van der Waals surface area contributed by atoms with Crippen LogP contribution in [0.3, 0.4) is 0 Å². The molecule has 0 atom stereocenters. The second kappa shape index (κ2) is 9.44. The lowest BCUT2D eigenvalue weighted by Gasteiger charge is -2.33. The number of ether oxygens (including phenoxy) is 1. The molecule has 0 aliphatic heterocycles. The summed E-state index contributed by atoms with van der Waals surface area (Å²) in [6, 6.07) is 16.3. The number of amides is 1. The minimum Gasteiger partial charge on any atom is -0.496 e. The second-order valence-electron chi connectivity index (χ2n) is 7.50. The van der Waals surface area contributed by atoms with Crippen LogP contribution in [0, 0.1) is 11.3 Å². The van der Waals surface area contributed by atoms with Gasteiger partial charge in [0.25, 0.3) is 0 Å². The Bertz CT molecular complexity index is 881. The highest BCUT2D eigenvalue weighted by Gasteiger charge is 2.26. The molecule has 1 aliphatic rings. The van der Waals surface area contributed by atoms with E-state index in [1.54, 1.807) is 14.2 Å². The quantitative estimate of drug-likeness (QED) is 0.766. The van der Waals surface area contributed by atoms with Crippen LogP contribution in [-0.2, 0) is 6.54 Å². The molecule has 6 heteroatoms. The molecule has 0 radical (unpaired) electrons. The summed E-state index contributed by atoms with van der Waals surface area (Å²) >= 11 is 0. The van der Waals surface area contributed by atoms with Gasteiger partial charge in [0, 0.05) is 31.2 Å². The Labute approximate surface area is 171 Å². The van der Waals surface area contributed by atoms with Crippen molar-refractivity contribution in [3.63, 3.8) is 0 Å². The molecule has 2 N–H and O–H groups in total. The van der Waals surface area contributed by atoms with Crippen LogP contribution in [0.25, 0.3) is 11.1 Å². The Morgan fingerprint density at radius 3 is 2.41 bits per heavy atom. The summed E-state index contributed by atoms with van der Waals surface area (Å²) in [4.78, 5) is 12.6. The van der Waals surface area contributed by atoms with Crippen molar-refractivity contribution < 1.29 is 14.6 Å². The Morgan fingerprint density at radius 2 is 1.83 bits per heavy atom. The smallest absolute Gasteiger partial charge is 0.407 e. The van der Waals surface area contributed by atoms with Crippen LogP contribution in [0.4, 0.5) is 4.79 Å². The molecule has 6 nitrogen and oxygen atoms in total. The van der Waals surface area contributed by atoms with Crippen LogP contribution in [0.15, 0.2) is 42.5 Å². The van der Waals surface area contributed by atoms with Crippen molar-refractivity contribution in [1.29, 1.82) is 5.26 Å². The zero-order valence-corrected chi connectivity index (χ0v) is 16.9. The van der Waals surface area contributed by atoms with E-state index in [2.05, 4.69) is 17.5 Å². The molecule has 0 spiro atoms. The highest BCUT2D eigenvalue weighted by atomic mass is 16.5. The fourth-order valence-electron chi connectivity index (χ4n) is 3.91. The molecule has 2 aromatic carbocycles. The minimum atomic E-state index is -0.856. The summed E-state index contributed by atoms with van der Waals surface area (Å²) in [6.45, 7) is 0.692. The van der Waals surface area contributed by atoms with Gasteiger partial charge in [-0.1, -0.05) is 18.2 Å². The molecule has 0 heterocycles. The van der Waals surface area contributed by atoms with Crippen molar-refractivity contribution in [3.05, 3.63) is 53.6 Å². The summed E-state index contributed by atoms with van der Waals surface area (Å²) < 4.78 is 5.53. The van der Waals surface area contributed by atoms with E-state index in [9.17, 15) is 4.79 Å². The Hall–Kier alpha value is -3.04. The number of hydrogen-bond acceptors (Lipinski definition) is 4. The van der Waals surface area contributed by atoms with Crippen molar-refractivity contribution in [2.24, 2.45) is 0 Å². The van der Waals surface area contributed by atoms with Gasteiger partial charge in [-0.25, -0.2) is 4.79 Å². The first kappa shape index (κ1) is 20.7. The van der Waals surface area contributed by atoms with Gasteiger partial charge < -0.3 is 20.1 Å². The predicted octanol–water partition coefficient (Wildman–Crippen LogP) is 4.24. The van der Waals surface area contributed by atoms with Crippen molar-refractivity contribution in [2.45, 2.75) is 44.3 Å². The average Bonchev–Trinajstić information content (AvgIpc) is 2.77. The van der Waals surface area contributed by atoms with E-state index in [0.717, 1.165) is 48.1 Å². The fourth-order valence-corrected chi connectivity index (χ4v) is 3.91. The number of rotatable bonds is 6. The number of hydrogen-bond donors (Lipinski definition) is 2. The largest absolute Gasteiger partial charge is 0.496 e.